The quantitative estimate of drug-likeness (QED) is 0.836. The molecule has 1 fully saturated rings. The second kappa shape index (κ2) is 6.54. The number of benzene rings is 1. The van der Waals surface area contributed by atoms with Crippen LogP contribution in [0, 0.1) is 23.5 Å². The lowest BCUT2D eigenvalue weighted by molar-refractivity contribution is 0.0934. The SMILES string of the molecule is Cn1nc(C(=O)NCC(Cc2ccc(F)cc2F)C2CC2)[nH]c1=O. The Labute approximate surface area is 136 Å². The number of hydrogen-bond acceptors (Lipinski definition) is 3. The van der Waals surface area contributed by atoms with Gasteiger partial charge in [0.25, 0.3) is 5.91 Å². The number of aromatic nitrogens is 3. The Bertz CT molecular complexity index is 811. The summed E-state index contributed by atoms with van der Waals surface area (Å²) >= 11 is 0. The van der Waals surface area contributed by atoms with E-state index in [1.54, 1.807) is 0 Å². The number of hydrogen-bond donors (Lipinski definition) is 2. The molecule has 1 aromatic carbocycles. The van der Waals surface area contributed by atoms with Gasteiger partial charge in [0, 0.05) is 19.7 Å². The smallest absolute Gasteiger partial charge is 0.343 e. The molecule has 0 bridgehead atoms. The van der Waals surface area contributed by atoms with Crippen LogP contribution in [-0.4, -0.2) is 27.2 Å². The number of nitrogens with zero attached hydrogens (tertiary/aromatic N) is 2. The number of nitrogens with one attached hydrogen (secondary N) is 2. The summed E-state index contributed by atoms with van der Waals surface area (Å²) in [6.07, 6.45) is 2.49. The normalized spacial score (nSPS) is 15.3. The number of aryl methyl sites for hydroxylation is 1. The molecular weight excluding hydrogens is 318 g/mol. The van der Waals surface area contributed by atoms with Crippen molar-refractivity contribution in [3.63, 3.8) is 0 Å². The largest absolute Gasteiger partial charge is 0.349 e. The van der Waals surface area contributed by atoms with Crippen LogP contribution in [0.25, 0.3) is 0 Å². The number of amides is 1. The Balaban J connectivity index is 1.64. The van der Waals surface area contributed by atoms with Gasteiger partial charge in [0.15, 0.2) is 0 Å². The maximum atomic E-state index is 13.8. The van der Waals surface area contributed by atoms with Gasteiger partial charge in [-0.1, -0.05) is 6.07 Å². The van der Waals surface area contributed by atoms with Crippen molar-refractivity contribution < 1.29 is 13.6 Å². The van der Waals surface area contributed by atoms with Gasteiger partial charge in [-0.2, -0.15) is 0 Å². The Morgan fingerprint density at radius 1 is 1.46 bits per heavy atom. The maximum Gasteiger partial charge on any atom is 0.343 e. The monoisotopic (exact) mass is 336 g/mol. The molecule has 128 valence electrons. The van der Waals surface area contributed by atoms with Crippen LogP contribution in [0.15, 0.2) is 23.0 Å². The average molecular weight is 336 g/mol. The van der Waals surface area contributed by atoms with E-state index in [0.29, 0.717) is 24.4 Å². The molecule has 1 amide bonds. The third-order valence-electron chi connectivity index (χ3n) is 4.30. The molecule has 1 unspecified atom stereocenters. The standard InChI is InChI=1S/C16H18F2N4O2/c1-22-16(24)20-14(21-22)15(23)19-8-11(9-2-3-9)6-10-4-5-12(17)7-13(10)18/h4-5,7,9,11H,2-3,6,8H2,1H3,(H,19,23)(H,20,21,24). The highest BCUT2D eigenvalue weighted by Crippen LogP contribution is 2.38. The van der Waals surface area contributed by atoms with Crippen LogP contribution in [0.3, 0.4) is 0 Å². The first-order chi connectivity index (χ1) is 11.4. The number of aromatic amines is 1. The first kappa shape index (κ1) is 16.4. The summed E-state index contributed by atoms with van der Waals surface area (Å²) < 4.78 is 27.9. The number of carbonyl (C=O) groups is 1. The van der Waals surface area contributed by atoms with Gasteiger partial charge in [-0.05, 0) is 42.7 Å². The zero-order chi connectivity index (χ0) is 17.3. The highest BCUT2D eigenvalue weighted by Gasteiger charge is 2.32. The number of H-pyrrole nitrogens is 1. The van der Waals surface area contributed by atoms with Crippen LogP contribution >= 0.6 is 0 Å². The predicted octanol–water partition coefficient (Wildman–Crippen LogP) is 1.39. The Morgan fingerprint density at radius 2 is 2.21 bits per heavy atom. The van der Waals surface area contributed by atoms with Gasteiger partial charge in [-0.3, -0.25) is 9.78 Å². The first-order valence-electron chi connectivity index (χ1n) is 7.79. The molecule has 24 heavy (non-hydrogen) atoms. The van der Waals surface area contributed by atoms with Gasteiger partial charge in [-0.15, -0.1) is 5.10 Å². The summed E-state index contributed by atoms with van der Waals surface area (Å²) in [5.41, 5.74) is -0.0268. The van der Waals surface area contributed by atoms with E-state index in [9.17, 15) is 18.4 Å². The van der Waals surface area contributed by atoms with Gasteiger partial charge >= 0.3 is 5.69 Å². The van der Waals surface area contributed by atoms with Crippen molar-refractivity contribution >= 4 is 5.91 Å². The van der Waals surface area contributed by atoms with Crippen LogP contribution in [0.5, 0.6) is 0 Å². The van der Waals surface area contributed by atoms with Crippen molar-refractivity contribution in [2.45, 2.75) is 19.3 Å². The molecule has 0 aliphatic heterocycles. The third kappa shape index (κ3) is 3.69. The second-order valence-electron chi connectivity index (χ2n) is 6.15. The highest BCUT2D eigenvalue weighted by molar-refractivity contribution is 5.90. The van der Waals surface area contributed by atoms with Crippen molar-refractivity contribution in [3.05, 3.63) is 51.7 Å². The van der Waals surface area contributed by atoms with Gasteiger partial charge in [0.1, 0.15) is 11.6 Å². The lowest BCUT2D eigenvalue weighted by Gasteiger charge is -2.17. The number of halogens is 2. The summed E-state index contributed by atoms with van der Waals surface area (Å²) in [5, 5.41) is 6.52. The Hall–Kier alpha value is -2.51. The van der Waals surface area contributed by atoms with E-state index in [-0.39, 0.29) is 11.7 Å². The summed E-state index contributed by atoms with van der Waals surface area (Å²) in [7, 11) is 1.44. The van der Waals surface area contributed by atoms with E-state index >= 15 is 0 Å². The average Bonchev–Trinajstić information content (AvgIpc) is 3.31. The minimum absolute atomic E-state index is 0.0509. The van der Waals surface area contributed by atoms with Crippen molar-refractivity contribution in [2.24, 2.45) is 18.9 Å². The fraction of sp³-hybridized carbons (Fsp3) is 0.438. The summed E-state index contributed by atoms with van der Waals surface area (Å²) in [6, 6.07) is 3.55. The molecule has 1 aromatic heterocycles. The van der Waals surface area contributed by atoms with E-state index < -0.39 is 23.2 Å². The molecule has 0 saturated heterocycles. The van der Waals surface area contributed by atoms with E-state index in [1.807, 2.05) is 0 Å². The number of carbonyl (C=O) groups excluding carboxylic acids is 1. The number of rotatable bonds is 6. The molecule has 1 atom stereocenters. The Kier molecular flexibility index (Phi) is 4.46. The van der Waals surface area contributed by atoms with Gasteiger partial charge in [-0.25, -0.2) is 18.3 Å². The van der Waals surface area contributed by atoms with Crippen molar-refractivity contribution in [2.75, 3.05) is 6.54 Å². The van der Waals surface area contributed by atoms with Gasteiger partial charge in [0.05, 0.1) is 0 Å². The molecule has 3 rings (SSSR count). The summed E-state index contributed by atoms with van der Waals surface area (Å²) in [5.74, 6) is -1.22. The van der Waals surface area contributed by atoms with Crippen molar-refractivity contribution in [1.82, 2.24) is 20.1 Å². The predicted molar refractivity (Wildman–Crippen MR) is 82.4 cm³/mol. The van der Waals surface area contributed by atoms with Crippen LogP contribution < -0.4 is 11.0 Å². The fourth-order valence-electron chi connectivity index (χ4n) is 2.76. The molecular formula is C16H18F2N4O2. The summed E-state index contributed by atoms with van der Waals surface area (Å²) in [4.78, 5) is 25.7. The first-order valence-corrected chi connectivity index (χ1v) is 7.79. The van der Waals surface area contributed by atoms with Crippen LogP contribution in [0.1, 0.15) is 29.0 Å². The molecule has 0 radical (unpaired) electrons. The molecule has 1 aliphatic carbocycles. The zero-order valence-electron chi connectivity index (χ0n) is 13.2. The van der Waals surface area contributed by atoms with Crippen LogP contribution in [-0.2, 0) is 13.5 Å². The molecule has 2 N–H and O–H groups in total. The van der Waals surface area contributed by atoms with Gasteiger partial charge in [0.2, 0.25) is 5.82 Å². The molecule has 6 nitrogen and oxygen atoms in total. The molecule has 0 spiro atoms. The van der Waals surface area contributed by atoms with Crippen LogP contribution in [0.4, 0.5) is 8.78 Å². The minimum atomic E-state index is -0.605. The molecule has 1 saturated carbocycles. The highest BCUT2D eigenvalue weighted by atomic mass is 19.1. The molecule has 1 heterocycles. The van der Waals surface area contributed by atoms with Crippen molar-refractivity contribution in [1.29, 1.82) is 0 Å². The maximum absolute atomic E-state index is 13.8. The fourth-order valence-corrected chi connectivity index (χ4v) is 2.76. The van der Waals surface area contributed by atoms with Gasteiger partial charge < -0.3 is 5.32 Å². The second-order valence-corrected chi connectivity index (χ2v) is 6.15. The van der Waals surface area contributed by atoms with E-state index in [2.05, 4.69) is 15.4 Å². The lowest BCUT2D eigenvalue weighted by atomic mass is 9.94. The lowest BCUT2D eigenvalue weighted by Crippen LogP contribution is -2.32. The summed E-state index contributed by atoms with van der Waals surface area (Å²) in [6.45, 7) is 0.346. The molecule has 2 aromatic rings. The van der Waals surface area contributed by atoms with E-state index in [0.717, 1.165) is 23.6 Å². The van der Waals surface area contributed by atoms with E-state index in [1.165, 1.54) is 19.2 Å². The zero-order valence-corrected chi connectivity index (χ0v) is 13.2. The van der Waals surface area contributed by atoms with Crippen molar-refractivity contribution in [3.8, 4) is 0 Å². The van der Waals surface area contributed by atoms with Crippen LogP contribution in [0.2, 0.25) is 0 Å². The molecule has 8 heteroatoms. The van der Waals surface area contributed by atoms with E-state index in [4.69, 9.17) is 0 Å². The minimum Gasteiger partial charge on any atom is -0.349 e. The molecule has 1 aliphatic rings. The Morgan fingerprint density at radius 3 is 2.79 bits per heavy atom. The topological polar surface area (TPSA) is 79.8 Å². The third-order valence-corrected chi connectivity index (χ3v) is 4.30.